The number of nitro benzene ring substituents is 1. The van der Waals surface area contributed by atoms with E-state index in [9.17, 15) is 20.0 Å². The van der Waals surface area contributed by atoms with Crippen LogP contribution in [-0.2, 0) is 4.79 Å². The molecule has 6 nitrogen and oxygen atoms in total. The van der Waals surface area contributed by atoms with Gasteiger partial charge in [-0.3, -0.25) is 14.9 Å². The van der Waals surface area contributed by atoms with E-state index in [0.29, 0.717) is 5.57 Å². The fourth-order valence-corrected chi connectivity index (χ4v) is 3.79. The highest BCUT2D eigenvalue weighted by molar-refractivity contribution is 6.01. The van der Waals surface area contributed by atoms with Gasteiger partial charge in [-0.25, -0.2) is 0 Å². The van der Waals surface area contributed by atoms with Crippen LogP contribution in [0, 0.1) is 15.5 Å². The zero-order chi connectivity index (χ0) is 23.9. The third kappa shape index (κ3) is 7.08. The number of hydrogen-bond acceptors (Lipinski definition) is 4. The molecule has 0 unspecified atom stereocenters. The number of anilines is 1. The number of rotatable bonds is 7. The van der Waals surface area contributed by atoms with E-state index in [4.69, 9.17) is 0 Å². The summed E-state index contributed by atoms with van der Waals surface area (Å²) in [6, 6.07) is 3.47. The van der Waals surface area contributed by atoms with Crippen LogP contribution in [0.25, 0.3) is 0 Å². The molecule has 0 heterocycles. The molecule has 1 aliphatic carbocycles. The standard InChI is InChI=1S/C26H32N2O4/c1-18(11-13-22-20(3)10-7-15-26(22,4)5)8-6-9-19(2)16-25(30)27-23-17-21(28(31)32)12-14-24(23)29/h6,8-9,11-14,16-17,29H,7,10,15H2,1-5H3,(H,27,30). The van der Waals surface area contributed by atoms with Crippen LogP contribution >= 0.6 is 0 Å². The van der Waals surface area contributed by atoms with Gasteiger partial charge in [0, 0.05) is 18.2 Å². The van der Waals surface area contributed by atoms with Crippen LogP contribution in [0.3, 0.4) is 0 Å². The Hall–Kier alpha value is -3.41. The lowest BCUT2D eigenvalue weighted by molar-refractivity contribution is -0.384. The number of nitrogens with zero attached hydrogens (tertiary/aromatic N) is 1. The summed E-state index contributed by atoms with van der Waals surface area (Å²) in [5.41, 5.74) is 4.66. The maximum Gasteiger partial charge on any atom is 0.271 e. The number of benzene rings is 1. The molecule has 0 radical (unpaired) electrons. The van der Waals surface area contributed by atoms with Crippen LogP contribution in [0.15, 0.2) is 76.9 Å². The quantitative estimate of drug-likeness (QED) is 0.162. The van der Waals surface area contributed by atoms with Gasteiger partial charge in [-0.1, -0.05) is 55.4 Å². The van der Waals surface area contributed by atoms with E-state index in [1.165, 1.54) is 42.2 Å². The Morgan fingerprint density at radius 1 is 1.22 bits per heavy atom. The molecule has 1 aromatic rings. The van der Waals surface area contributed by atoms with Gasteiger partial charge in [0.2, 0.25) is 5.91 Å². The minimum atomic E-state index is -0.588. The fraction of sp³-hybridized carbons (Fsp3) is 0.346. The average molecular weight is 437 g/mol. The Kier molecular flexibility index (Phi) is 8.35. The molecule has 2 rings (SSSR count). The van der Waals surface area contributed by atoms with Gasteiger partial charge in [0.25, 0.3) is 5.69 Å². The van der Waals surface area contributed by atoms with Crippen LogP contribution in [0.4, 0.5) is 11.4 Å². The van der Waals surface area contributed by atoms with Crippen molar-refractivity contribution in [3.05, 3.63) is 87.1 Å². The highest BCUT2D eigenvalue weighted by atomic mass is 16.6. The second-order valence-corrected chi connectivity index (χ2v) is 8.87. The van der Waals surface area contributed by atoms with Gasteiger partial charge < -0.3 is 10.4 Å². The van der Waals surface area contributed by atoms with Crippen molar-refractivity contribution < 1.29 is 14.8 Å². The lowest BCUT2D eigenvalue weighted by Gasteiger charge is -2.32. The van der Waals surface area contributed by atoms with Crippen molar-refractivity contribution in [2.24, 2.45) is 5.41 Å². The SMILES string of the molecule is CC(C=CC1=C(C)CCCC1(C)C)=CC=CC(C)=CC(=O)Nc1cc([N+](=O)[O-])ccc1O. The Bertz CT molecular complexity index is 1040. The number of aromatic hydroxyl groups is 1. The third-order valence-electron chi connectivity index (χ3n) is 5.58. The molecule has 0 aliphatic heterocycles. The van der Waals surface area contributed by atoms with Gasteiger partial charge in [-0.2, -0.15) is 0 Å². The summed E-state index contributed by atoms with van der Waals surface area (Å²) < 4.78 is 0. The number of hydrogen-bond donors (Lipinski definition) is 2. The van der Waals surface area contributed by atoms with E-state index in [1.54, 1.807) is 13.0 Å². The Morgan fingerprint density at radius 2 is 1.94 bits per heavy atom. The van der Waals surface area contributed by atoms with Crippen molar-refractivity contribution in [1.82, 2.24) is 0 Å². The first-order valence-corrected chi connectivity index (χ1v) is 10.7. The number of amides is 1. The van der Waals surface area contributed by atoms with Gasteiger partial charge in [-0.05, 0) is 62.7 Å². The number of allylic oxidation sites excluding steroid dienone is 9. The lowest BCUT2D eigenvalue weighted by Crippen LogP contribution is -2.19. The normalized spacial score (nSPS) is 17.3. The van der Waals surface area contributed by atoms with E-state index in [1.807, 2.05) is 19.1 Å². The van der Waals surface area contributed by atoms with Crippen molar-refractivity contribution in [2.75, 3.05) is 5.32 Å². The molecule has 32 heavy (non-hydrogen) atoms. The highest BCUT2D eigenvalue weighted by Crippen LogP contribution is 2.40. The maximum absolute atomic E-state index is 12.2. The van der Waals surface area contributed by atoms with Gasteiger partial charge in [0.15, 0.2) is 0 Å². The van der Waals surface area contributed by atoms with Gasteiger partial charge in [-0.15, -0.1) is 0 Å². The molecular weight excluding hydrogens is 404 g/mol. The Morgan fingerprint density at radius 3 is 2.59 bits per heavy atom. The molecular formula is C26H32N2O4. The number of nitro groups is 1. The summed E-state index contributed by atoms with van der Waals surface area (Å²) in [6.45, 7) is 10.6. The molecule has 0 bridgehead atoms. The molecule has 170 valence electrons. The molecule has 0 saturated heterocycles. The van der Waals surface area contributed by atoms with E-state index >= 15 is 0 Å². The molecule has 0 fully saturated rings. The van der Waals surface area contributed by atoms with Crippen molar-refractivity contribution in [1.29, 1.82) is 0 Å². The summed E-state index contributed by atoms with van der Waals surface area (Å²) in [5, 5.41) is 23.1. The topological polar surface area (TPSA) is 92.5 Å². The molecule has 0 atom stereocenters. The lowest BCUT2D eigenvalue weighted by atomic mass is 9.72. The first kappa shape index (κ1) is 24.9. The zero-order valence-electron chi connectivity index (χ0n) is 19.4. The Balaban J connectivity index is 2.02. The number of phenols is 1. The number of nitrogens with one attached hydrogen (secondary N) is 1. The average Bonchev–Trinajstić information content (AvgIpc) is 2.68. The molecule has 1 aliphatic rings. The largest absolute Gasteiger partial charge is 0.506 e. The van der Waals surface area contributed by atoms with Gasteiger partial charge in [0.1, 0.15) is 5.75 Å². The van der Waals surface area contributed by atoms with Crippen LogP contribution in [0.2, 0.25) is 0 Å². The van der Waals surface area contributed by atoms with E-state index in [0.717, 1.165) is 18.1 Å². The van der Waals surface area contributed by atoms with Crippen molar-refractivity contribution in [3.8, 4) is 5.75 Å². The maximum atomic E-state index is 12.2. The molecule has 1 amide bonds. The smallest absolute Gasteiger partial charge is 0.271 e. The Labute approximate surface area is 189 Å². The number of carbonyl (C=O) groups is 1. The molecule has 0 aromatic heterocycles. The zero-order valence-corrected chi connectivity index (χ0v) is 19.4. The number of non-ortho nitro benzene ring substituents is 1. The summed E-state index contributed by atoms with van der Waals surface area (Å²) in [5.74, 6) is -0.715. The monoisotopic (exact) mass is 436 g/mol. The molecule has 6 heteroatoms. The minimum Gasteiger partial charge on any atom is -0.506 e. The summed E-state index contributed by atoms with van der Waals surface area (Å²) in [4.78, 5) is 22.5. The minimum absolute atomic E-state index is 0.00616. The summed E-state index contributed by atoms with van der Waals surface area (Å²) >= 11 is 0. The van der Waals surface area contributed by atoms with Crippen LogP contribution in [-0.4, -0.2) is 15.9 Å². The van der Waals surface area contributed by atoms with Crippen molar-refractivity contribution in [3.63, 3.8) is 0 Å². The third-order valence-corrected chi connectivity index (χ3v) is 5.58. The molecule has 0 saturated carbocycles. The number of carbonyl (C=O) groups excluding carboxylic acids is 1. The first-order valence-electron chi connectivity index (χ1n) is 10.7. The van der Waals surface area contributed by atoms with Crippen LogP contribution in [0.1, 0.15) is 53.9 Å². The number of phenolic OH excluding ortho intramolecular Hbond substituents is 1. The summed E-state index contributed by atoms with van der Waals surface area (Å²) in [6.07, 6.45) is 15.0. The van der Waals surface area contributed by atoms with Gasteiger partial charge in [0.05, 0.1) is 10.6 Å². The fourth-order valence-electron chi connectivity index (χ4n) is 3.79. The molecule has 0 spiro atoms. The molecule has 2 N–H and O–H groups in total. The summed E-state index contributed by atoms with van der Waals surface area (Å²) in [7, 11) is 0. The van der Waals surface area contributed by atoms with Gasteiger partial charge >= 0.3 is 0 Å². The second kappa shape index (κ2) is 10.8. The van der Waals surface area contributed by atoms with Crippen LogP contribution in [0.5, 0.6) is 5.75 Å². The van der Waals surface area contributed by atoms with Crippen molar-refractivity contribution >= 4 is 17.3 Å². The van der Waals surface area contributed by atoms with Crippen molar-refractivity contribution in [2.45, 2.75) is 53.9 Å². The highest BCUT2D eigenvalue weighted by Gasteiger charge is 2.26. The predicted molar refractivity (Wildman–Crippen MR) is 130 cm³/mol. The van der Waals surface area contributed by atoms with E-state index in [-0.39, 0.29) is 22.5 Å². The first-order chi connectivity index (χ1) is 15.0. The van der Waals surface area contributed by atoms with Crippen LogP contribution < -0.4 is 5.32 Å². The molecule has 1 aromatic carbocycles. The van der Waals surface area contributed by atoms with E-state index < -0.39 is 10.8 Å². The van der Waals surface area contributed by atoms with E-state index in [2.05, 4.69) is 38.2 Å². The predicted octanol–water partition coefficient (Wildman–Crippen LogP) is 6.77. The second-order valence-electron chi connectivity index (χ2n) is 8.87.